The molecule has 0 saturated heterocycles. The average molecular weight is 188 g/mol. The predicted octanol–water partition coefficient (Wildman–Crippen LogP) is -0.992. The van der Waals surface area contributed by atoms with Crippen molar-refractivity contribution in [3.05, 3.63) is 0 Å². The smallest absolute Gasteiger partial charge is 0.242 e. The van der Waals surface area contributed by atoms with Gasteiger partial charge in [0.1, 0.15) is 6.04 Å². The molecule has 76 valence electrons. The first kappa shape index (κ1) is 11.9. The Morgan fingerprint density at radius 3 is 2.31 bits per heavy atom. The molecular weight excluding hydrogens is 172 g/mol. The minimum Gasteiger partial charge on any atom is -0.392 e. The molecule has 0 aliphatic rings. The number of aliphatic hydroxyl groups is 1. The van der Waals surface area contributed by atoms with Crippen LogP contribution in [-0.4, -0.2) is 35.6 Å². The van der Waals surface area contributed by atoms with Crippen LogP contribution >= 0.6 is 0 Å². The highest BCUT2D eigenvalue weighted by Crippen LogP contribution is 1.83. The molecule has 2 atom stereocenters. The molecule has 0 aromatic carbocycles. The van der Waals surface area contributed by atoms with Crippen LogP contribution in [0.2, 0.25) is 0 Å². The monoisotopic (exact) mass is 188 g/mol. The van der Waals surface area contributed by atoms with Gasteiger partial charge in [0, 0.05) is 13.5 Å². The summed E-state index contributed by atoms with van der Waals surface area (Å²) >= 11 is 0. The van der Waals surface area contributed by atoms with Crippen molar-refractivity contribution in [2.75, 3.05) is 6.54 Å². The fourth-order valence-electron chi connectivity index (χ4n) is 0.772. The van der Waals surface area contributed by atoms with E-state index in [0.29, 0.717) is 0 Å². The SMILES string of the molecule is CC(=O)NC(C)C(=O)NC[C@H](C)O. The van der Waals surface area contributed by atoms with Gasteiger partial charge in [-0.15, -0.1) is 0 Å². The van der Waals surface area contributed by atoms with Crippen LogP contribution in [0.1, 0.15) is 20.8 Å². The summed E-state index contributed by atoms with van der Waals surface area (Å²) in [5.41, 5.74) is 0. The summed E-state index contributed by atoms with van der Waals surface area (Å²) in [6.45, 7) is 4.70. The van der Waals surface area contributed by atoms with Crippen molar-refractivity contribution in [2.24, 2.45) is 0 Å². The zero-order chi connectivity index (χ0) is 10.4. The lowest BCUT2D eigenvalue weighted by atomic mass is 10.3. The third kappa shape index (κ3) is 6.10. The van der Waals surface area contributed by atoms with Crippen LogP contribution in [0.25, 0.3) is 0 Å². The van der Waals surface area contributed by atoms with E-state index in [1.54, 1.807) is 13.8 Å². The highest BCUT2D eigenvalue weighted by Gasteiger charge is 2.12. The lowest BCUT2D eigenvalue weighted by Crippen LogP contribution is -2.45. The maximum Gasteiger partial charge on any atom is 0.242 e. The minimum atomic E-state index is -0.575. The lowest BCUT2D eigenvalue weighted by Gasteiger charge is -2.13. The first-order valence-electron chi connectivity index (χ1n) is 4.16. The van der Waals surface area contributed by atoms with E-state index in [4.69, 9.17) is 5.11 Å². The molecule has 0 spiro atoms. The van der Waals surface area contributed by atoms with Crippen molar-refractivity contribution >= 4 is 11.8 Å². The maximum atomic E-state index is 11.1. The Balaban J connectivity index is 3.76. The summed E-state index contributed by atoms with van der Waals surface area (Å²) in [5.74, 6) is -0.546. The van der Waals surface area contributed by atoms with Crippen LogP contribution in [0.15, 0.2) is 0 Å². The number of nitrogens with one attached hydrogen (secondary N) is 2. The highest BCUT2D eigenvalue weighted by atomic mass is 16.3. The van der Waals surface area contributed by atoms with Crippen LogP contribution in [0, 0.1) is 0 Å². The molecule has 0 aliphatic heterocycles. The van der Waals surface area contributed by atoms with Crippen LogP contribution < -0.4 is 10.6 Å². The van der Waals surface area contributed by atoms with Gasteiger partial charge in [-0.05, 0) is 13.8 Å². The van der Waals surface area contributed by atoms with Gasteiger partial charge in [-0.3, -0.25) is 9.59 Å². The van der Waals surface area contributed by atoms with Crippen molar-refractivity contribution < 1.29 is 14.7 Å². The van der Waals surface area contributed by atoms with Gasteiger partial charge >= 0.3 is 0 Å². The molecule has 2 amide bonds. The second kappa shape index (κ2) is 5.53. The van der Waals surface area contributed by atoms with E-state index in [0.717, 1.165) is 0 Å². The molecule has 0 radical (unpaired) electrons. The minimum absolute atomic E-state index is 0.197. The first-order chi connectivity index (χ1) is 5.93. The lowest BCUT2D eigenvalue weighted by molar-refractivity contribution is -0.127. The summed E-state index contributed by atoms with van der Waals surface area (Å²) in [5, 5.41) is 13.8. The Bertz CT molecular complexity index is 192. The van der Waals surface area contributed by atoms with E-state index in [1.165, 1.54) is 6.92 Å². The molecule has 3 N–H and O–H groups in total. The number of rotatable bonds is 4. The maximum absolute atomic E-state index is 11.1. The molecule has 0 rings (SSSR count). The summed E-state index contributed by atoms with van der Waals surface area (Å²) in [7, 11) is 0. The topological polar surface area (TPSA) is 78.4 Å². The molecule has 5 nitrogen and oxygen atoms in total. The summed E-state index contributed by atoms with van der Waals surface area (Å²) in [6, 6.07) is -0.559. The van der Waals surface area contributed by atoms with Crippen LogP contribution in [-0.2, 0) is 9.59 Å². The van der Waals surface area contributed by atoms with Gasteiger partial charge in [-0.2, -0.15) is 0 Å². The molecule has 5 heteroatoms. The molecule has 0 heterocycles. The molecule has 0 fully saturated rings. The molecule has 0 aliphatic carbocycles. The molecule has 0 bridgehead atoms. The van der Waals surface area contributed by atoms with Crippen LogP contribution in [0.5, 0.6) is 0 Å². The Morgan fingerprint density at radius 1 is 1.38 bits per heavy atom. The van der Waals surface area contributed by atoms with Gasteiger partial charge in [0.25, 0.3) is 0 Å². The van der Waals surface area contributed by atoms with Gasteiger partial charge in [-0.25, -0.2) is 0 Å². The number of carbonyl (C=O) groups is 2. The standard InChI is InChI=1S/C8H16N2O3/c1-5(11)4-9-8(13)6(2)10-7(3)12/h5-6,11H,4H2,1-3H3,(H,9,13)(H,10,12)/t5-,6?/m0/s1. The quantitative estimate of drug-likeness (QED) is 0.530. The third-order valence-electron chi connectivity index (χ3n) is 1.38. The molecular formula is C8H16N2O3. The second-order valence-corrected chi connectivity index (χ2v) is 3.02. The number of hydrogen-bond donors (Lipinski definition) is 3. The first-order valence-corrected chi connectivity index (χ1v) is 4.16. The van der Waals surface area contributed by atoms with Gasteiger partial charge < -0.3 is 15.7 Å². The number of amides is 2. The largest absolute Gasteiger partial charge is 0.392 e. The van der Waals surface area contributed by atoms with Gasteiger partial charge in [0.2, 0.25) is 11.8 Å². The van der Waals surface area contributed by atoms with E-state index in [9.17, 15) is 9.59 Å². The molecule has 1 unspecified atom stereocenters. The Labute approximate surface area is 77.5 Å². The Hall–Kier alpha value is -1.10. The summed E-state index contributed by atoms with van der Waals surface area (Å²) in [4.78, 5) is 21.7. The van der Waals surface area contributed by atoms with E-state index >= 15 is 0 Å². The zero-order valence-corrected chi connectivity index (χ0v) is 8.13. The molecule has 0 aromatic heterocycles. The zero-order valence-electron chi connectivity index (χ0n) is 8.13. The van der Waals surface area contributed by atoms with Crippen LogP contribution in [0.3, 0.4) is 0 Å². The van der Waals surface area contributed by atoms with Gasteiger partial charge in [0.15, 0.2) is 0 Å². The molecule has 0 aromatic rings. The molecule has 0 saturated carbocycles. The van der Waals surface area contributed by atoms with Crippen LogP contribution in [0.4, 0.5) is 0 Å². The van der Waals surface area contributed by atoms with Crippen molar-refractivity contribution in [2.45, 2.75) is 32.9 Å². The highest BCUT2D eigenvalue weighted by molar-refractivity contribution is 5.86. The fourth-order valence-corrected chi connectivity index (χ4v) is 0.772. The van der Waals surface area contributed by atoms with Crippen molar-refractivity contribution in [3.8, 4) is 0 Å². The summed E-state index contributed by atoms with van der Waals surface area (Å²) < 4.78 is 0. The van der Waals surface area contributed by atoms with Crippen molar-refractivity contribution in [1.82, 2.24) is 10.6 Å². The number of hydrogen-bond acceptors (Lipinski definition) is 3. The number of carbonyl (C=O) groups excluding carboxylic acids is 2. The van der Waals surface area contributed by atoms with E-state index in [2.05, 4.69) is 10.6 Å². The second-order valence-electron chi connectivity index (χ2n) is 3.02. The van der Waals surface area contributed by atoms with Crippen molar-refractivity contribution in [3.63, 3.8) is 0 Å². The average Bonchev–Trinajstić information content (AvgIpc) is 1.98. The Kier molecular flexibility index (Phi) is 5.06. The third-order valence-corrected chi connectivity index (χ3v) is 1.38. The van der Waals surface area contributed by atoms with Crippen molar-refractivity contribution in [1.29, 1.82) is 0 Å². The predicted molar refractivity (Wildman–Crippen MR) is 48.0 cm³/mol. The van der Waals surface area contributed by atoms with E-state index in [-0.39, 0.29) is 18.4 Å². The Morgan fingerprint density at radius 2 is 1.92 bits per heavy atom. The van der Waals surface area contributed by atoms with E-state index in [1.807, 2.05) is 0 Å². The fraction of sp³-hybridized carbons (Fsp3) is 0.750. The summed E-state index contributed by atoms with van der Waals surface area (Å²) in [6.07, 6.45) is -0.575. The number of aliphatic hydroxyl groups excluding tert-OH is 1. The van der Waals surface area contributed by atoms with E-state index < -0.39 is 12.1 Å². The van der Waals surface area contributed by atoms with Gasteiger partial charge in [-0.1, -0.05) is 0 Å². The molecule has 13 heavy (non-hydrogen) atoms. The van der Waals surface area contributed by atoms with Gasteiger partial charge in [0.05, 0.1) is 6.10 Å². The normalized spacial score (nSPS) is 14.5.